The maximum Gasteiger partial charge on any atom is 0.330 e. The number of carbonyl (C=O) groups is 1. The van der Waals surface area contributed by atoms with E-state index in [1.807, 2.05) is 27.7 Å². The first-order chi connectivity index (χ1) is 15.6. The van der Waals surface area contributed by atoms with Crippen molar-refractivity contribution in [3.8, 4) is 0 Å². The van der Waals surface area contributed by atoms with Crippen LogP contribution < -0.4 is 21.9 Å². The highest BCUT2D eigenvalue weighted by Crippen LogP contribution is 2.24. The van der Waals surface area contributed by atoms with Crippen LogP contribution in [0.2, 0.25) is 0 Å². The van der Waals surface area contributed by atoms with Gasteiger partial charge in [-0.25, -0.2) is 14.5 Å². The molecule has 3 rings (SSSR count). The number of anilines is 2. The molecule has 0 radical (unpaired) electrons. The standard InChI is InChI=1S/C22H31N7O4/c1-12(2)11-28-18(23)17(20(30)26-22(28)32)27(7-8-33-6)21(31)16-9-15-10-24-29(13(3)4)19(15)25-14(16)5/h9-10,12-13H,7-8,11,23H2,1-6H3,(H,26,30,32). The summed E-state index contributed by atoms with van der Waals surface area (Å²) in [6, 6.07) is 1.81. The topological polar surface area (TPSA) is 141 Å². The van der Waals surface area contributed by atoms with Crippen LogP contribution >= 0.6 is 0 Å². The van der Waals surface area contributed by atoms with Gasteiger partial charge in [-0.05, 0) is 32.8 Å². The van der Waals surface area contributed by atoms with Crippen LogP contribution in [0.1, 0.15) is 49.8 Å². The van der Waals surface area contributed by atoms with Crippen LogP contribution in [0.25, 0.3) is 11.0 Å². The first kappa shape index (κ1) is 24.2. The number of nitrogens with one attached hydrogen (secondary N) is 1. The minimum Gasteiger partial charge on any atom is -0.383 e. The second-order valence-electron chi connectivity index (χ2n) is 8.66. The fraction of sp³-hybridized carbons (Fsp3) is 0.500. The number of hydrogen-bond acceptors (Lipinski definition) is 7. The predicted molar refractivity (Wildman–Crippen MR) is 127 cm³/mol. The van der Waals surface area contributed by atoms with Gasteiger partial charge in [-0.2, -0.15) is 5.10 Å². The average Bonchev–Trinajstić information content (AvgIpc) is 3.15. The summed E-state index contributed by atoms with van der Waals surface area (Å²) in [5.74, 6) is -0.442. The summed E-state index contributed by atoms with van der Waals surface area (Å²) in [6.07, 6.45) is 1.65. The summed E-state index contributed by atoms with van der Waals surface area (Å²) in [5.41, 5.74) is 6.29. The number of aromatic nitrogens is 5. The van der Waals surface area contributed by atoms with Gasteiger partial charge in [0, 0.05) is 31.6 Å². The number of hydrogen-bond donors (Lipinski definition) is 2. The van der Waals surface area contributed by atoms with Crippen LogP contribution in [-0.4, -0.2) is 50.5 Å². The minimum atomic E-state index is -0.735. The van der Waals surface area contributed by atoms with Gasteiger partial charge in [-0.1, -0.05) is 13.8 Å². The number of methoxy groups -OCH3 is 1. The Hall–Kier alpha value is -3.47. The van der Waals surface area contributed by atoms with Gasteiger partial charge >= 0.3 is 5.69 Å². The van der Waals surface area contributed by atoms with Gasteiger partial charge in [0.2, 0.25) is 0 Å². The van der Waals surface area contributed by atoms with E-state index in [-0.39, 0.29) is 36.6 Å². The number of nitrogens with zero attached hydrogens (tertiary/aromatic N) is 5. The van der Waals surface area contributed by atoms with Gasteiger partial charge in [-0.3, -0.25) is 24.0 Å². The Morgan fingerprint density at radius 3 is 2.58 bits per heavy atom. The molecule has 3 N–H and O–H groups in total. The number of fused-ring (bicyclic) bond motifs is 1. The van der Waals surface area contributed by atoms with Crippen molar-refractivity contribution in [1.82, 2.24) is 24.3 Å². The van der Waals surface area contributed by atoms with Gasteiger partial charge < -0.3 is 10.5 Å². The molecule has 3 aromatic rings. The van der Waals surface area contributed by atoms with Crippen LogP contribution in [0, 0.1) is 12.8 Å². The van der Waals surface area contributed by atoms with E-state index in [1.165, 1.54) is 16.6 Å². The molecule has 0 spiro atoms. The number of H-pyrrole nitrogens is 1. The summed E-state index contributed by atoms with van der Waals surface area (Å²) >= 11 is 0. The fourth-order valence-corrected chi connectivity index (χ4v) is 3.69. The monoisotopic (exact) mass is 457 g/mol. The lowest BCUT2D eigenvalue weighted by Gasteiger charge is -2.25. The zero-order valence-corrected chi connectivity index (χ0v) is 19.9. The number of pyridine rings is 1. The van der Waals surface area contributed by atoms with E-state index in [9.17, 15) is 14.4 Å². The summed E-state index contributed by atoms with van der Waals surface area (Å²) in [6.45, 7) is 10.1. The molecule has 0 aliphatic heterocycles. The molecule has 0 fully saturated rings. The number of aryl methyl sites for hydroxylation is 1. The molecule has 3 aromatic heterocycles. The van der Waals surface area contributed by atoms with E-state index in [0.717, 1.165) is 0 Å². The molecule has 0 saturated carbocycles. The molecule has 11 heteroatoms. The molecular formula is C22H31N7O4. The molecule has 0 saturated heterocycles. The van der Waals surface area contributed by atoms with Crippen LogP contribution in [0.5, 0.6) is 0 Å². The molecular weight excluding hydrogens is 426 g/mol. The molecule has 3 heterocycles. The number of nitrogens with two attached hydrogens (primary N) is 1. The first-order valence-corrected chi connectivity index (χ1v) is 10.8. The average molecular weight is 458 g/mol. The van der Waals surface area contributed by atoms with Crippen molar-refractivity contribution in [3.05, 3.63) is 44.4 Å². The second kappa shape index (κ2) is 9.57. The first-order valence-electron chi connectivity index (χ1n) is 10.8. The predicted octanol–water partition coefficient (Wildman–Crippen LogP) is 1.70. The minimum absolute atomic E-state index is 0.0607. The van der Waals surface area contributed by atoms with Crippen molar-refractivity contribution in [1.29, 1.82) is 0 Å². The number of carbonyl (C=O) groups excluding carboxylic acids is 1. The van der Waals surface area contributed by atoms with Crippen molar-refractivity contribution in [3.63, 3.8) is 0 Å². The van der Waals surface area contributed by atoms with Crippen LogP contribution in [0.3, 0.4) is 0 Å². The van der Waals surface area contributed by atoms with Crippen molar-refractivity contribution < 1.29 is 9.53 Å². The Balaban J connectivity index is 2.17. The van der Waals surface area contributed by atoms with Gasteiger partial charge in [0.1, 0.15) is 5.82 Å². The number of amides is 1. The van der Waals surface area contributed by atoms with E-state index in [1.54, 1.807) is 23.9 Å². The van der Waals surface area contributed by atoms with E-state index in [0.29, 0.717) is 28.8 Å². The SMILES string of the molecule is COCCN(C(=O)c1cc2cnn(C(C)C)c2nc1C)c1c(N)n(CC(C)C)c(=O)[nH]c1=O. The molecule has 0 aromatic carbocycles. The summed E-state index contributed by atoms with van der Waals surface area (Å²) in [5, 5.41) is 5.07. The number of rotatable bonds is 8. The van der Waals surface area contributed by atoms with E-state index < -0.39 is 17.2 Å². The molecule has 11 nitrogen and oxygen atoms in total. The molecule has 0 aliphatic carbocycles. The maximum absolute atomic E-state index is 13.7. The maximum atomic E-state index is 13.7. The molecule has 0 unspecified atom stereocenters. The van der Waals surface area contributed by atoms with Gasteiger partial charge in [0.25, 0.3) is 11.5 Å². The number of aromatic amines is 1. The zero-order chi connectivity index (χ0) is 24.4. The van der Waals surface area contributed by atoms with E-state index in [2.05, 4.69) is 15.1 Å². The molecule has 0 bridgehead atoms. The largest absolute Gasteiger partial charge is 0.383 e. The van der Waals surface area contributed by atoms with Crippen molar-refractivity contribution >= 4 is 28.4 Å². The van der Waals surface area contributed by atoms with Crippen molar-refractivity contribution in [2.75, 3.05) is 30.9 Å². The van der Waals surface area contributed by atoms with Crippen molar-refractivity contribution in [2.45, 2.75) is 47.2 Å². The van der Waals surface area contributed by atoms with Crippen LogP contribution in [0.15, 0.2) is 21.9 Å². The number of nitrogen functional groups attached to an aromatic ring is 1. The third-order valence-electron chi connectivity index (χ3n) is 5.28. The lowest BCUT2D eigenvalue weighted by molar-refractivity contribution is 0.0974. The number of ether oxygens (including phenoxy) is 1. The lowest BCUT2D eigenvalue weighted by Crippen LogP contribution is -2.43. The van der Waals surface area contributed by atoms with Gasteiger partial charge in [-0.15, -0.1) is 0 Å². The fourth-order valence-electron chi connectivity index (χ4n) is 3.69. The Morgan fingerprint density at radius 2 is 1.97 bits per heavy atom. The Labute approximate surface area is 191 Å². The van der Waals surface area contributed by atoms with E-state index in [4.69, 9.17) is 10.5 Å². The Bertz CT molecular complexity index is 1290. The third-order valence-corrected chi connectivity index (χ3v) is 5.28. The molecule has 0 aliphatic rings. The molecule has 0 atom stereocenters. The summed E-state index contributed by atoms with van der Waals surface area (Å²) in [7, 11) is 1.50. The molecule has 1 amide bonds. The molecule has 33 heavy (non-hydrogen) atoms. The van der Waals surface area contributed by atoms with Crippen LogP contribution in [-0.2, 0) is 11.3 Å². The molecule has 178 valence electrons. The summed E-state index contributed by atoms with van der Waals surface area (Å²) in [4.78, 5) is 47.0. The Morgan fingerprint density at radius 1 is 1.27 bits per heavy atom. The second-order valence-corrected chi connectivity index (χ2v) is 8.66. The zero-order valence-electron chi connectivity index (χ0n) is 19.9. The highest BCUT2D eigenvalue weighted by molar-refractivity contribution is 6.09. The van der Waals surface area contributed by atoms with Gasteiger partial charge in [0.05, 0.1) is 24.1 Å². The third kappa shape index (κ3) is 4.68. The smallest absolute Gasteiger partial charge is 0.330 e. The normalized spacial score (nSPS) is 11.6. The van der Waals surface area contributed by atoms with Crippen molar-refractivity contribution in [2.24, 2.45) is 5.92 Å². The Kier molecular flexibility index (Phi) is 7.01. The highest BCUT2D eigenvalue weighted by Gasteiger charge is 2.27. The quantitative estimate of drug-likeness (QED) is 0.524. The highest BCUT2D eigenvalue weighted by atomic mass is 16.5. The van der Waals surface area contributed by atoms with Gasteiger partial charge in [0.15, 0.2) is 11.3 Å². The summed E-state index contributed by atoms with van der Waals surface area (Å²) < 4.78 is 8.22. The van der Waals surface area contributed by atoms with E-state index >= 15 is 0 Å². The lowest BCUT2D eigenvalue weighted by atomic mass is 10.1. The van der Waals surface area contributed by atoms with Crippen LogP contribution in [0.4, 0.5) is 11.5 Å².